The molecular formula is C18H28N3O3+. The van der Waals surface area contributed by atoms with E-state index in [2.05, 4.69) is 22.3 Å². The van der Waals surface area contributed by atoms with Crippen LogP contribution in [0.15, 0.2) is 23.2 Å². The minimum Gasteiger partial charge on any atom is -0.493 e. The standard InChI is InChI=1S/C18H27N3O3/c1-19-7-3-9-23-17-11-15(20-14-22)12-18(13-17)24-10-4-8-21(2)16-5-6-16/h11-13,16,19H,3-10H2,1-2H3/p+1. The predicted molar refractivity (Wildman–Crippen MR) is 92.8 cm³/mol. The lowest BCUT2D eigenvalue weighted by Crippen LogP contribution is -2.79. The van der Waals surface area contributed by atoms with E-state index in [1.807, 2.05) is 13.1 Å². The van der Waals surface area contributed by atoms with E-state index in [0.717, 1.165) is 32.0 Å². The van der Waals surface area contributed by atoms with E-state index in [4.69, 9.17) is 9.47 Å². The molecule has 1 saturated carbocycles. The number of ether oxygens (including phenoxy) is 2. The van der Waals surface area contributed by atoms with E-state index in [-0.39, 0.29) is 0 Å². The fourth-order valence-corrected chi connectivity index (χ4v) is 2.52. The summed E-state index contributed by atoms with van der Waals surface area (Å²) < 4.78 is 11.5. The molecule has 0 saturated heterocycles. The zero-order chi connectivity index (χ0) is 17.2. The molecule has 1 aliphatic rings. The number of nitrogens with zero attached hydrogens (tertiary/aromatic N) is 2. The lowest BCUT2D eigenvalue weighted by molar-refractivity contribution is -0.627. The van der Waals surface area contributed by atoms with Crippen LogP contribution in [0, 0.1) is 0 Å². The van der Waals surface area contributed by atoms with Crippen molar-refractivity contribution in [3.63, 3.8) is 0 Å². The van der Waals surface area contributed by atoms with Gasteiger partial charge in [-0.3, -0.25) is 0 Å². The topological polar surface area (TPSA) is 67.7 Å². The van der Waals surface area contributed by atoms with Crippen molar-refractivity contribution in [2.24, 2.45) is 4.99 Å². The van der Waals surface area contributed by atoms with Crippen LogP contribution in [0.5, 0.6) is 11.5 Å². The molecule has 132 valence electrons. The molecule has 6 nitrogen and oxygen atoms in total. The van der Waals surface area contributed by atoms with E-state index < -0.39 is 0 Å². The Hall–Kier alpha value is -1.88. The Kier molecular flexibility index (Phi) is 7.75. The van der Waals surface area contributed by atoms with Crippen LogP contribution in [-0.4, -0.2) is 57.4 Å². The molecule has 0 spiro atoms. The van der Waals surface area contributed by atoms with Gasteiger partial charge < -0.3 is 19.7 Å². The highest BCUT2D eigenvalue weighted by atomic mass is 16.5. The summed E-state index contributed by atoms with van der Waals surface area (Å²) in [5, 5.41) is 2.11. The highest BCUT2D eigenvalue weighted by Crippen LogP contribution is 2.28. The molecule has 0 heterocycles. The van der Waals surface area contributed by atoms with E-state index in [1.165, 1.54) is 12.8 Å². The van der Waals surface area contributed by atoms with Crippen LogP contribution in [0.3, 0.4) is 0 Å². The second-order valence-electron chi connectivity index (χ2n) is 6.18. The van der Waals surface area contributed by atoms with E-state index >= 15 is 0 Å². The van der Waals surface area contributed by atoms with Gasteiger partial charge in [-0.15, -0.1) is 0 Å². The Balaban J connectivity index is 1.84. The van der Waals surface area contributed by atoms with Crippen molar-refractivity contribution in [3.05, 3.63) is 18.2 Å². The van der Waals surface area contributed by atoms with Crippen LogP contribution in [0.2, 0.25) is 0 Å². The van der Waals surface area contributed by atoms with Gasteiger partial charge in [0, 0.05) is 37.2 Å². The SMILES string of the molecule is C[NH2+]CCCOc1cc(N=C=O)cc(OCCCN(C)C2CC2)c1. The van der Waals surface area contributed by atoms with Crippen LogP contribution in [-0.2, 0) is 4.79 Å². The first-order valence-electron chi connectivity index (χ1n) is 8.69. The Morgan fingerprint density at radius 2 is 1.88 bits per heavy atom. The molecule has 0 amide bonds. The van der Waals surface area contributed by atoms with E-state index in [1.54, 1.807) is 18.2 Å². The van der Waals surface area contributed by atoms with Crippen molar-refractivity contribution >= 4 is 11.8 Å². The monoisotopic (exact) mass is 334 g/mol. The molecule has 2 rings (SSSR count). The number of isocyanates is 1. The Labute approximate surface area is 143 Å². The summed E-state index contributed by atoms with van der Waals surface area (Å²) in [5.41, 5.74) is 0.509. The number of carbonyl (C=O) groups excluding carboxylic acids is 1. The number of hydrogen-bond acceptors (Lipinski definition) is 5. The van der Waals surface area contributed by atoms with Gasteiger partial charge in [-0.25, -0.2) is 4.79 Å². The van der Waals surface area contributed by atoms with Crippen molar-refractivity contribution in [2.45, 2.75) is 31.7 Å². The largest absolute Gasteiger partial charge is 0.493 e. The van der Waals surface area contributed by atoms with Crippen LogP contribution in [0.1, 0.15) is 25.7 Å². The molecule has 6 heteroatoms. The van der Waals surface area contributed by atoms with Gasteiger partial charge >= 0.3 is 0 Å². The second kappa shape index (κ2) is 10.1. The minimum absolute atomic E-state index is 0.509. The highest BCUT2D eigenvalue weighted by molar-refractivity contribution is 5.55. The highest BCUT2D eigenvalue weighted by Gasteiger charge is 2.25. The van der Waals surface area contributed by atoms with E-state index in [9.17, 15) is 4.79 Å². The lowest BCUT2D eigenvalue weighted by Gasteiger charge is -2.15. The fourth-order valence-electron chi connectivity index (χ4n) is 2.52. The Morgan fingerprint density at radius 3 is 2.46 bits per heavy atom. The molecule has 0 bridgehead atoms. The molecule has 1 fully saturated rings. The summed E-state index contributed by atoms with van der Waals surface area (Å²) in [6.07, 6.45) is 6.14. The number of hydrogen-bond donors (Lipinski definition) is 1. The lowest BCUT2D eigenvalue weighted by atomic mass is 10.3. The number of quaternary nitrogens is 1. The van der Waals surface area contributed by atoms with Crippen molar-refractivity contribution in [1.29, 1.82) is 0 Å². The van der Waals surface area contributed by atoms with Gasteiger partial charge in [-0.1, -0.05) is 0 Å². The average Bonchev–Trinajstić information content (AvgIpc) is 3.41. The summed E-state index contributed by atoms with van der Waals surface area (Å²) in [5.74, 6) is 1.35. The molecule has 2 N–H and O–H groups in total. The maximum Gasteiger partial charge on any atom is 0.240 e. The quantitative estimate of drug-likeness (QED) is 0.357. The predicted octanol–water partition coefficient (Wildman–Crippen LogP) is 1.48. The van der Waals surface area contributed by atoms with Crippen molar-refractivity contribution in [1.82, 2.24) is 4.90 Å². The van der Waals surface area contributed by atoms with Gasteiger partial charge in [0.2, 0.25) is 6.08 Å². The summed E-state index contributed by atoms with van der Waals surface area (Å²) in [4.78, 5) is 16.6. The third kappa shape index (κ3) is 6.71. The van der Waals surface area contributed by atoms with Gasteiger partial charge in [0.25, 0.3) is 0 Å². The minimum atomic E-state index is 0.509. The normalized spacial score (nSPS) is 13.6. The van der Waals surface area contributed by atoms with Crippen molar-refractivity contribution in [2.75, 3.05) is 40.4 Å². The summed E-state index contributed by atoms with van der Waals surface area (Å²) >= 11 is 0. The summed E-state index contributed by atoms with van der Waals surface area (Å²) in [6, 6.07) is 6.09. The van der Waals surface area contributed by atoms with Gasteiger partial charge in [-0.2, -0.15) is 4.99 Å². The molecular weight excluding hydrogens is 306 g/mol. The molecule has 1 aliphatic carbocycles. The molecule has 0 radical (unpaired) electrons. The number of benzene rings is 1. The zero-order valence-electron chi connectivity index (χ0n) is 14.7. The first-order valence-corrected chi connectivity index (χ1v) is 8.69. The van der Waals surface area contributed by atoms with Gasteiger partial charge in [0.15, 0.2) is 0 Å². The van der Waals surface area contributed by atoms with Crippen molar-refractivity contribution in [3.8, 4) is 11.5 Å². The Morgan fingerprint density at radius 1 is 1.21 bits per heavy atom. The summed E-state index contributed by atoms with van der Waals surface area (Å²) in [7, 11) is 4.20. The molecule has 0 unspecified atom stereocenters. The fraction of sp³-hybridized carbons (Fsp3) is 0.611. The van der Waals surface area contributed by atoms with Crippen LogP contribution >= 0.6 is 0 Å². The number of rotatable bonds is 12. The van der Waals surface area contributed by atoms with Gasteiger partial charge in [0.1, 0.15) is 11.5 Å². The molecule has 1 aromatic carbocycles. The maximum absolute atomic E-state index is 10.5. The first kappa shape index (κ1) is 18.5. The third-order valence-electron chi connectivity index (χ3n) is 4.04. The Bertz CT molecular complexity index is 554. The van der Waals surface area contributed by atoms with Crippen LogP contribution < -0.4 is 14.8 Å². The number of nitrogens with two attached hydrogens (primary N) is 1. The first-order chi connectivity index (χ1) is 11.7. The van der Waals surface area contributed by atoms with Crippen LogP contribution in [0.4, 0.5) is 5.69 Å². The third-order valence-corrected chi connectivity index (χ3v) is 4.04. The van der Waals surface area contributed by atoms with Crippen LogP contribution in [0.25, 0.3) is 0 Å². The smallest absolute Gasteiger partial charge is 0.240 e. The maximum atomic E-state index is 10.5. The molecule has 0 aromatic heterocycles. The summed E-state index contributed by atoms with van der Waals surface area (Å²) in [6.45, 7) is 3.32. The molecule has 1 aromatic rings. The van der Waals surface area contributed by atoms with E-state index in [0.29, 0.717) is 30.4 Å². The molecule has 0 atom stereocenters. The average molecular weight is 334 g/mol. The second-order valence-corrected chi connectivity index (χ2v) is 6.18. The zero-order valence-corrected chi connectivity index (χ0v) is 14.7. The molecule has 0 aliphatic heterocycles. The van der Waals surface area contributed by atoms with Crippen molar-refractivity contribution < 1.29 is 19.6 Å². The van der Waals surface area contributed by atoms with Gasteiger partial charge in [-0.05, 0) is 26.3 Å². The molecule has 24 heavy (non-hydrogen) atoms. The number of aliphatic imine (C=N–C) groups is 1. The van der Waals surface area contributed by atoms with Gasteiger partial charge in [0.05, 0.1) is 32.5 Å².